The number of halogens is 1. The van der Waals surface area contributed by atoms with Gasteiger partial charge < -0.3 is 10.6 Å². The second-order valence-electron chi connectivity index (χ2n) is 5.17. The third-order valence-electron chi connectivity index (χ3n) is 3.68. The van der Waals surface area contributed by atoms with Gasteiger partial charge in [-0.2, -0.15) is 0 Å². The molecule has 0 unspecified atom stereocenters. The van der Waals surface area contributed by atoms with Gasteiger partial charge in [-0.15, -0.1) is 0 Å². The quantitative estimate of drug-likeness (QED) is 0.890. The van der Waals surface area contributed by atoms with Crippen LogP contribution in [-0.4, -0.2) is 12.5 Å². The molecule has 2 aromatic carbocycles. The molecule has 0 atom stereocenters. The molecule has 0 radical (unpaired) electrons. The molecule has 0 saturated carbocycles. The molecule has 3 rings (SSSR count). The van der Waals surface area contributed by atoms with E-state index in [1.54, 1.807) is 0 Å². The van der Waals surface area contributed by atoms with Gasteiger partial charge in [-0.1, -0.05) is 34.1 Å². The largest absolute Gasteiger partial charge is 0.385 e. The fraction of sp³-hybridized carbons (Fsp3) is 0.235. The van der Waals surface area contributed by atoms with Crippen LogP contribution in [0.4, 0.5) is 5.69 Å². The molecule has 1 aliphatic rings. The summed E-state index contributed by atoms with van der Waals surface area (Å²) in [6.07, 6.45) is 2.03. The lowest BCUT2D eigenvalue weighted by Crippen LogP contribution is -2.25. The number of benzene rings is 2. The number of anilines is 1. The van der Waals surface area contributed by atoms with Crippen molar-refractivity contribution < 1.29 is 4.79 Å². The molecule has 0 saturated heterocycles. The summed E-state index contributed by atoms with van der Waals surface area (Å²) in [4.78, 5) is 12.4. The highest BCUT2D eigenvalue weighted by Crippen LogP contribution is 2.25. The highest BCUT2D eigenvalue weighted by Gasteiger charge is 2.16. The zero-order chi connectivity index (χ0) is 14.7. The van der Waals surface area contributed by atoms with Crippen molar-refractivity contribution in [1.82, 2.24) is 5.32 Å². The van der Waals surface area contributed by atoms with Gasteiger partial charge in [-0.25, -0.2) is 0 Å². The minimum atomic E-state index is -0.00414. The summed E-state index contributed by atoms with van der Waals surface area (Å²) in [5.74, 6) is -0.00414. The Labute approximate surface area is 132 Å². The Balaban J connectivity index is 1.74. The van der Waals surface area contributed by atoms with Crippen molar-refractivity contribution in [2.24, 2.45) is 0 Å². The molecule has 0 bridgehead atoms. The predicted molar refractivity (Wildman–Crippen MR) is 88.6 cm³/mol. The number of carbonyl (C=O) groups excluding carboxylic acids is 1. The Morgan fingerprint density at radius 1 is 1.24 bits per heavy atom. The molecule has 1 aliphatic heterocycles. The summed E-state index contributed by atoms with van der Waals surface area (Å²) in [6.45, 7) is 1.52. The predicted octanol–water partition coefficient (Wildman–Crippen LogP) is 3.74. The molecule has 1 amide bonds. The van der Waals surface area contributed by atoms with E-state index < -0.39 is 0 Å². The lowest BCUT2D eigenvalue weighted by atomic mass is 9.97. The molecule has 0 fully saturated rings. The number of carbonyl (C=O) groups is 1. The fourth-order valence-corrected chi connectivity index (χ4v) is 3.09. The van der Waals surface area contributed by atoms with Crippen molar-refractivity contribution in [2.45, 2.75) is 19.4 Å². The molecule has 4 heteroatoms. The number of nitrogens with one attached hydrogen (secondary N) is 2. The second-order valence-corrected chi connectivity index (χ2v) is 6.09. The Kier molecular flexibility index (Phi) is 4.25. The summed E-state index contributed by atoms with van der Waals surface area (Å²) < 4.78 is 1.02. The van der Waals surface area contributed by atoms with Crippen LogP contribution in [0.2, 0.25) is 0 Å². The second kappa shape index (κ2) is 6.31. The zero-order valence-corrected chi connectivity index (χ0v) is 13.2. The SMILES string of the molecule is O=C(NCc1cccc(Br)c1)c1cccc2c1CCCN2. The smallest absolute Gasteiger partial charge is 0.251 e. The van der Waals surface area contributed by atoms with Crippen molar-refractivity contribution in [3.8, 4) is 0 Å². The summed E-state index contributed by atoms with van der Waals surface area (Å²) in [5, 5.41) is 6.36. The van der Waals surface area contributed by atoms with Crippen LogP contribution >= 0.6 is 15.9 Å². The van der Waals surface area contributed by atoms with Gasteiger partial charge in [0.05, 0.1) is 0 Å². The molecule has 21 heavy (non-hydrogen) atoms. The van der Waals surface area contributed by atoms with Crippen LogP contribution in [0, 0.1) is 0 Å². The molecule has 0 aromatic heterocycles. The summed E-state index contributed by atoms with van der Waals surface area (Å²) >= 11 is 3.44. The third-order valence-corrected chi connectivity index (χ3v) is 4.18. The normalized spacial score (nSPS) is 13.2. The van der Waals surface area contributed by atoms with E-state index in [0.29, 0.717) is 6.54 Å². The van der Waals surface area contributed by atoms with E-state index in [1.807, 2.05) is 42.5 Å². The number of rotatable bonds is 3. The minimum Gasteiger partial charge on any atom is -0.385 e. The molecular weight excluding hydrogens is 328 g/mol. The monoisotopic (exact) mass is 344 g/mol. The van der Waals surface area contributed by atoms with Gasteiger partial charge in [-0.3, -0.25) is 4.79 Å². The first-order valence-corrected chi connectivity index (χ1v) is 7.92. The fourth-order valence-electron chi connectivity index (χ4n) is 2.65. The maximum atomic E-state index is 12.4. The van der Waals surface area contributed by atoms with Crippen LogP contribution in [0.25, 0.3) is 0 Å². The number of amides is 1. The van der Waals surface area contributed by atoms with Crippen LogP contribution in [0.1, 0.15) is 27.9 Å². The Morgan fingerprint density at radius 3 is 2.95 bits per heavy atom. The molecule has 2 N–H and O–H groups in total. The van der Waals surface area contributed by atoms with Crippen LogP contribution in [0.3, 0.4) is 0 Å². The average molecular weight is 345 g/mol. The summed E-state index contributed by atoms with van der Waals surface area (Å²) in [5.41, 5.74) is 4.10. The Bertz CT molecular complexity index is 670. The highest BCUT2D eigenvalue weighted by atomic mass is 79.9. The number of fused-ring (bicyclic) bond motifs is 1. The van der Waals surface area contributed by atoms with Crippen LogP contribution in [-0.2, 0) is 13.0 Å². The van der Waals surface area contributed by atoms with Gasteiger partial charge in [0.2, 0.25) is 0 Å². The van der Waals surface area contributed by atoms with E-state index in [1.165, 1.54) is 0 Å². The molecule has 0 spiro atoms. The van der Waals surface area contributed by atoms with Crippen molar-refractivity contribution in [2.75, 3.05) is 11.9 Å². The van der Waals surface area contributed by atoms with Crippen molar-refractivity contribution in [1.29, 1.82) is 0 Å². The van der Waals surface area contributed by atoms with Gasteiger partial charge in [0, 0.05) is 28.8 Å². The average Bonchev–Trinajstić information content (AvgIpc) is 2.52. The summed E-state index contributed by atoms with van der Waals surface area (Å²) in [6, 6.07) is 13.9. The standard InChI is InChI=1S/C17H17BrN2O/c18-13-5-1-4-12(10-13)11-20-17(21)15-6-2-8-16-14(15)7-3-9-19-16/h1-2,4-6,8,10,19H,3,7,9,11H2,(H,20,21). The van der Waals surface area contributed by atoms with Crippen LogP contribution < -0.4 is 10.6 Å². The summed E-state index contributed by atoms with van der Waals surface area (Å²) in [7, 11) is 0. The Morgan fingerprint density at radius 2 is 2.10 bits per heavy atom. The van der Waals surface area contributed by atoms with E-state index in [4.69, 9.17) is 0 Å². The van der Waals surface area contributed by atoms with E-state index in [0.717, 1.165) is 46.2 Å². The third kappa shape index (κ3) is 3.27. The first-order valence-electron chi connectivity index (χ1n) is 7.12. The first-order chi connectivity index (χ1) is 10.2. The van der Waals surface area contributed by atoms with E-state index in [9.17, 15) is 4.79 Å². The molecule has 2 aromatic rings. The van der Waals surface area contributed by atoms with Crippen LogP contribution in [0.15, 0.2) is 46.9 Å². The van der Waals surface area contributed by atoms with Gasteiger partial charge in [-0.05, 0) is 48.2 Å². The van der Waals surface area contributed by atoms with Gasteiger partial charge in [0.25, 0.3) is 5.91 Å². The Hall–Kier alpha value is -1.81. The molecule has 1 heterocycles. The van der Waals surface area contributed by atoms with Crippen molar-refractivity contribution in [3.63, 3.8) is 0 Å². The number of hydrogen-bond acceptors (Lipinski definition) is 2. The lowest BCUT2D eigenvalue weighted by molar-refractivity contribution is 0.0950. The minimum absolute atomic E-state index is 0.00414. The maximum Gasteiger partial charge on any atom is 0.251 e. The van der Waals surface area contributed by atoms with Crippen molar-refractivity contribution in [3.05, 3.63) is 63.6 Å². The van der Waals surface area contributed by atoms with E-state index in [-0.39, 0.29) is 5.91 Å². The molecular formula is C17H17BrN2O. The molecule has 108 valence electrons. The van der Waals surface area contributed by atoms with Crippen LogP contribution in [0.5, 0.6) is 0 Å². The van der Waals surface area contributed by atoms with Crippen molar-refractivity contribution >= 4 is 27.5 Å². The van der Waals surface area contributed by atoms with E-state index >= 15 is 0 Å². The first kappa shape index (κ1) is 14.1. The van der Waals surface area contributed by atoms with Gasteiger partial charge in [0.1, 0.15) is 0 Å². The van der Waals surface area contributed by atoms with Gasteiger partial charge in [0.15, 0.2) is 0 Å². The number of hydrogen-bond donors (Lipinski definition) is 2. The van der Waals surface area contributed by atoms with Gasteiger partial charge >= 0.3 is 0 Å². The molecule has 3 nitrogen and oxygen atoms in total. The van der Waals surface area contributed by atoms with E-state index in [2.05, 4.69) is 26.6 Å². The zero-order valence-electron chi connectivity index (χ0n) is 11.7. The highest BCUT2D eigenvalue weighted by molar-refractivity contribution is 9.10. The maximum absolute atomic E-state index is 12.4. The molecule has 0 aliphatic carbocycles. The lowest BCUT2D eigenvalue weighted by Gasteiger charge is -2.20. The topological polar surface area (TPSA) is 41.1 Å².